The summed E-state index contributed by atoms with van der Waals surface area (Å²) in [6.45, 7) is 3.02. The Bertz CT molecular complexity index is 604. The van der Waals surface area contributed by atoms with Crippen LogP contribution in [-0.2, 0) is 13.2 Å². The number of nitriles is 1. The van der Waals surface area contributed by atoms with Gasteiger partial charge in [0.2, 0.25) is 0 Å². The second-order valence-corrected chi connectivity index (χ2v) is 4.27. The van der Waals surface area contributed by atoms with Crippen LogP contribution >= 0.6 is 11.6 Å². The standard InChI is InChI=1S/C12H12ClN5O/c1-2-5-18-12(15-16-17-18)8-19-11-4-3-9(7-14)6-10(11)13/h3-4,6H,2,5,8H2,1H3. The molecule has 0 aliphatic rings. The molecule has 0 aliphatic heterocycles. The maximum absolute atomic E-state index is 8.75. The lowest BCUT2D eigenvalue weighted by Gasteiger charge is -2.07. The van der Waals surface area contributed by atoms with Gasteiger partial charge >= 0.3 is 0 Å². The number of rotatable bonds is 5. The lowest BCUT2D eigenvalue weighted by atomic mass is 10.2. The van der Waals surface area contributed by atoms with Gasteiger partial charge in [-0.15, -0.1) is 5.10 Å². The summed E-state index contributed by atoms with van der Waals surface area (Å²) in [7, 11) is 0. The molecule has 0 saturated heterocycles. The Morgan fingerprint density at radius 1 is 1.47 bits per heavy atom. The average molecular weight is 278 g/mol. The largest absolute Gasteiger partial charge is 0.484 e. The normalized spacial score (nSPS) is 10.2. The maximum Gasteiger partial charge on any atom is 0.189 e. The lowest BCUT2D eigenvalue weighted by Crippen LogP contribution is -2.08. The van der Waals surface area contributed by atoms with Gasteiger partial charge in [-0.2, -0.15) is 5.26 Å². The quantitative estimate of drug-likeness (QED) is 0.837. The number of nitrogens with zero attached hydrogens (tertiary/aromatic N) is 5. The third-order valence-corrected chi connectivity index (χ3v) is 2.75. The highest BCUT2D eigenvalue weighted by Crippen LogP contribution is 2.25. The van der Waals surface area contributed by atoms with Gasteiger partial charge in [0.05, 0.1) is 16.7 Å². The third-order valence-electron chi connectivity index (χ3n) is 2.46. The van der Waals surface area contributed by atoms with Crippen molar-refractivity contribution in [3.05, 3.63) is 34.6 Å². The van der Waals surface area contributed by atoms with Gasteiger partial charge in [-0.3, -0.25) is 0 Å². The second kappa shape index (κ2) is 6.16. The van der Waals surface area contributed by atoms with E-state index < -0.39 is 0 Å². The van der Waals surface area contributed by atoms with Crippen LogP contribution in [0.1, 0.15) is 24.7 Å². The summed E-state index contributed by atoms with van der Waals surface area (Å²) in [5.74, 6) is 1.15. The fraction of sp³-hybridized carbons (Fsp3) is 0.333. The zero-order valence-corrected chi connectivity index (χ0v) is 11.1. The molecule has 7 heteroatoms. The summed E-state index contributed by atoms with van der Waals surface area (Å²) in [5, 5.41) is 20.5. The molecule has 0 fully saturated rings. The van der Waals surface area contributed by atoms with Crippen LogP contribution in [0.15, 0.2) is 18.2 Å². The zero-order chi connectivity index (χ0) is 13.7. The Balaban J connectivity index is 2.06. The third kappa shape index (κ3) is 3.20. The zero-order valence-electron chi connectivity index (χ0n) is 10.4. The SMILES string of the molecule is CCCn1nnnc1COc1ccc(C#N)cc1Cl. The molecule has 0 bridgehead atoms. The molecule has 19 heavy (non-hydrogen) atoms. The Hall–Kier alpha value is -2.13. The van der Waals surface area contributed by atoms with Crippen molar-refractivity contribution in [1.82, 2.24) is 20.2 Å². The van der Waals surface area contributed by atoms with E-state index in [-0.39, 0.29) is 6.61 Å². The summed E-state index contributed by atoms with van der Waals surface area (Å²) in [6, 6.07) is 6.89. The van der Waals surface area contributed by atoms with E-state index >= 15 is 0 Å². The molecule has 0 N–H and O–H groups in total. The van der Waals surface area contributed by atoms with Crippen molar-refractivity contribution in [2.24, 2.45) is 0 Å². The second-order valence-electron chi connectivity index (χ2n) is 3.86. The first-order chi connectivity index (χ1) is 9.24. The van der Waals surface area contributed by atoms with Crippen molar-refractivity contribution in [3.63, 3.8) is 0 Å². The summed E-state index contributed by atoms with van der Waals surface area (Å²) in [5.41, 5.74) is 0.494. The first-order valence-electron chi connectivity index (χ1n) is 5.82. The molecule has 98 valence electrons. The molecule has 0 unspecified atom stereocenters. The molecule has 0 amide bonds. The molecular weight excluding hydrogens is 266 g/mol. The summed E-state index contributed by atoms with van der Waals surface area (Å²) in [6.07, 6.45) is 0.940. The Morgan fingerprint density at radius 3 is 3.00 bits per heavy atom. The Kier molecular flexibility index (Phi) is 4.31. The molecule has 0 aliphatic carbocycles. The first kappa shape index (κ1) is 13.3. The van der Waals surface area contributed by atoms with Crippen LogP contribution in [0, 0.1) is 11.3 Å². The number of halogens is 1. The van der Waals surface area contributed by atoms with Crippen LogP contribution in [-0.4, -0.2) is 20.2 Å². The van der Waals surface area contributed by atoms with Crippen LogP contribution in [0.4, 0.5) is 0 Å². The van der Waals surface area contributed by atoms with Gasteiger partial charge in [0, 0.05) is 6.54 Å². The van der Waals surface area contributed by atoms with Crippen LogP contribution in [0.2, 0.25) is 5.02 Å². The number of tetrazole rings is 1. The minimum absolute atomic E-state index is 0.235. The number of aromatic nitrogens is 4. The van der Waals surface area contributed by atoms with E-state index in [2.05, 4.69) is 15.5 Å². The molecule has 0 spiro atoms. The topological polar surface area (TPSA) is 76.6 Å². The molecule has 2 aromatic rings. The minimum Gasteiger partial charge on any atom is -0.484 e. The van der Waals surface area contributed by atoms with Crippen molar-refractivity contribution in [2.75, 3.05) is 0 Å². The fourth-order valence-electron chi connectivity index (χ4n) is 1.54. The van der Waals surface area contributed by atoms with Crippen LogP contribution in [0.3, 0.4) is 0 Å². The smallest absolute Gasteiger partial charge is 0.189 e. The van der Waals surface area contributed by atoms with Gasteiger partial charge in [0.25, 0.3) is 0 Å². The maximum atomic E-state index is 8.75. The van der Waals surface area contributed by atoms with Crippen molar-refractivity contribution in [3.8, 4) is 11.8 Å². The molecular formula is C12H12ClN5O. The molecule has 1 aromatic heterocycles. The van der Waals surface area contributed by atoms with Crippen molar-refractivity contribution in [1.29, 1.82) is 5.26 Å². The van der Waals surface area contributed by atoms with E-state index in [4.69, 9.17) is 21.6 Å². The highest BCUT2D eigenvalue weighted by molar-refractivity contribution is 6.32. The summed E-state index contributed by atoms with van der Waals surface area (Å²) in [4.78, 5) is 0. The number of aryl methyl sites for hydroxylation is 1. The molecule has 2 rings (SSSR count). The van der Waals surface area contributed by atoms with Crippen LogP contribution < -0.4 is 4.74 Å². The molecule has 6 nitrogen and oxygen atoms in total. The van der Waals surface area contributed by atoms with E-state index in [1.165, 1.54) is 0 Å². The molecule has 1 aromatic carbocycles. The van der Waals surface area contributed by atoms with Gasteiger partial charge in [-0.25, -0.2) is 4.68 Å². The van der Waals surface area contributed by atoms with E-state index in [1.807, 2.05) is 13.0 Å². The van der Waals surface area contributed by atoms with Gasteiger partial charge in [-0.05, 0) is 35.0 Å². The number of hydrogen-bond donors (Lipinski definition) is 0. The van der Waals surface area contributed by atoms with Crippen molar-refractivity contribution >= 4 is 11.6 Å². The van der Waals surface area contributed by atoms with Gasteiger partial charge < -0.3 is 4.74 Å². The summed E-state index contributed by atoms with van der Waals surface area (Å²) >= 11 is 6.01. The number of hydrogen-bond acceptors (Lipinski definition) is 5. The van der Waals surface area contributed by atoms with E-state index in [1.54, 1.807) is 22.9 Å². The van der Waals surface area contributed by atoms with Gasteiger partial charge in [0.1, 0.15) is 12.4 Å². The Labute approximate surface area is 115 Å². The summed E-state index contributed by atoms with van der Waals surface area (Å²) < 4.78 is 7.25. The van der Waals surface area contributed by atoms with Gasteiger partial charge in [-0.1, -0.05) is 18.5 Å². The van der Waals surface area contributed by atoms with Crippen molar-refractivity contribution < 1.29 is 4.74 Å². The van der Waals surface area contributed by atoms with E-state index in [0.717, 1.165) is 13.0 Å². The molecule has 0 radical (unpaired) electrons. The number of ether oxygens (including phenoxy) is 1. The van der Waals surface area contributed by atoms with Crippen LogP contribution in [0.5, 0.6) is 5.75 Å². The van der Waals surface area contributed by atoms with E-state index in [9.17, 15) is 0 Å². The fourth-order valence-corrected chi connectivity index (χ4v) is 1.78. The minimum atomic E-state index is 0.235. The van der Waals surface area contributed by atoms with Gasteiger partial charge in [0.15, 0.2) is 5.82 Å². The van der Waals surface area contributed by atoms with Crippen molar-refractivity contribution in [2.45, 2.75) is 26.5 Å². The average Bonchev–Trinajstić information content (AvgIpc) is 2.85. The van der Waals surface area contributed by atoms with Crippen LogP contribution in [0.25, 0.3) is 0 Å². The van der Waals surface area contributed by atoms with E-state index in [0.29, 0.717) is 22.2 Å². The molecule has 0 atom stereocenters. The first-order valence-corrected chi connectivity index (χ1v) is 6.20. The highest BCUT2D eigenvalue weighted by Gasteiger charge is 2.08. The Morgan fingerprint density at radius 2 is 2.32 bits per heavy atom. The highest BCUT2D eigenvalue weighted by atomic mass is 35.5. The number of benzene rings is 1. The predicted molar refractivity (Wildman–Crippen MR) is 68.6 cm³/mol. The lowest BCUT2D eigenvalue weighted by molar-refractivity contribution is 0.286. The molecule has 1 heterocycles. The predicted octanol–water partition coefficient (Wildman–Crippen LogP) is 2.19. The monoisotopic (exact) mass is 277 g/mol. The molecule has 0 saturated carbocycles.